The maximum absolute atomic E-state index is 12.4. The van der Waals surface area contributed by atoms with Crippen molar-refractivity contribution in [2.24, 2.45) is 0 Å². The molecule has 0 radical (unpaired) electrons. The first kappa shape index (κ1) is 24.1. The zero-order valence-corrected chi connectivity index (χ0v) is 19.3. The summed E-state index contributed by atoms with van der Waals surface area (Å²) in [6.07, 6.45) is 2.04. The molecule has 0 atom stereocenters. The van der Waals surface area contributed by atoms with E-state index in [1.807, 2.05) is 49.4 Å². The number of halogens is 1. The van der Waals surface area contributed by atoms with Gasteiger partial charge in [0.25, 0.3) is 0 Å². The van der Waals surface area contributed by atoms with Crippen molar-refractivity contribution < 1.29 is 14.3 Å². The van der Waals surface area contributed by atoms with Gasteiger partial charge >= 0.3 is 0 Å². The van der Waals surface area contributed by atoms with E-state index in [1.165, 1.54) is 5.56 Å². The van der Waals surface area contributed by atoms with E-state index >= 15 is 0 Å². The molecule has 6 nitrogen and oxygen atoms in total. The molecule has 0 unspecified atom stereocenters. The predicted octanol–water partition coefficient (Wildman–Crippen LogP) is 5.75. The molecule has 0 aliphatic carbocycles. The number of carbonyl (C=O) groups excluding carboxylic acids is 2. The van der Waals surface area contributed by atoms with Crippen LogP contribution in [0.1, 0.15) is 25.3 Å². The van der Waals surface area contributed by atoms with Crippen LogP contribution in [0.4, 0.5) is 17.1 Å². The Labute approximate surface area is 199 Å². The van der Waals surface area contributed by atoms with E-state index in [-0.39, 0.29) is 18.4 Å². The third kappa shape index (κ3) is 8.16. The molecule has 0 aromatic heterocycles. The number of hydrogen-bond acceptors (Lipinski definition) is 4. The van der Waals surface area contributed by atoms with Crippen LogP contribution in [0.15, 0.2) is 72.8 Å². The molecule has 2 amide bonds. The number of anilines is 3. The number of amides is 2. The van der Waals surface area contributed by atoms with E-state index in [0.29, 0.717) is 29.4 Å². The highest BCUT2D eigenvalue weighted by molar-refractivity contribution is 6.33. The van der Waals surface area contributed by atoms with Crippen molar-refractivity contribution in [3.05, 3.63) is 83.4 Å². The molecule has 3 aromatic rings. The molecule has 0 saturated heterocycles. The second-order valence-corrected chi connectivity index (χ2v) is 7.91. The van der Waals surface area contributed by atoms with E-state index in [9.17, 15) is 9.59 Å². The number of ether oxygens (including phenoxy) is 1. The Bertz CT molecular complexity index is 1060. The lowest BCUT2D eigenvalue weighted by Crippen LogP contribution is -2.22. The summed E-state index contributed by atoms with van der Waals surface area (Å²) >= 11 is 6.19. The average molecular weight is 466 g/mol. The van der Waals surface area contributed by atoms with Gasteiger partial charge in [-0.1, -0.05) is 48.9 Å². The Morgan fingerprint density at radius 2 is 1.61 bits per heavy atom. The summed E-state index contributed by atoms with van der Waals surface area (Å²) in [7, 11) is 0. The maximum Gasteiger partial charge on any atom is 0.243 e. The van der Waals surface area contributed by atoms with Crippen molar-refractivity contribution in [2.45, 2.75) is 26.2 Å². The molecular formula is C26H28ClN3O3. The molecule has 0 aliphatic rings. The quantitative estimate of drug-likeness (QED) is 0.337. The van der Waals surface area contributed by atoms with Gasteiger partial charge in [-0.15, -0.1) is 0 Å². The van der Waals surface area contributed by atoms with Crippen LogP contribution < -0.4 is 20.7 Å². The highest BCUT2D eigenvalue weighted by Gasteiger charge is 2.09. The van der Waals surface area contributed by atoms with Gasteiger partial charge in [0, 0.05) is 24.2 Å². The van der Waals surface area contributed by atoms with Crippen LogP contribution in [0, 0.1) is 0 Å². The molecule has 7 heteroatoms. The van der Waals surface area contributed by atoms with Crippen LogP contribution in [0.3, 0.4) is 0 Å². The minimum absolute atomic E-state index is 0.0664. The Kier molecular flexibility index (Phi) is 9.15. The molecule has 0 aliphatic heterocycles. The van der Waals surface area contributed by atoms with Crippen molar-refractivity contribution in [1.82, 2.24) is 0 Å². The van der Waals surface area contributed by atoms with Crippen LogP contribution in [0.25, 0.3) is 0 Å². The van der Waals surface area contributed by atoms with Crippen molar-refractivity contribution in [2.75, 3.05) is 29.1 Å². The fourth-order valence-corrected chi connectivity index (χ4v) is 3.29. The molecule has 0 spiro atoms. The van der Waals surface area contributed by atoms with Crippen LogP contribution >= 0.6 is 11.6 Å². The Morgan fingerprint density at radius 1 is 0.879 bits per heavy atom. The van der Waals surface area contributed by atoms with E-state index in [2.05, 4.69) is 28.1 Å². The van der Waals surface area contributed by atoms with Crippen molar-refractivity contribution in [3.8, 4) is 5.75 Å². The summed E-state index contributed by atoms with van der Waals surface area (Å²) in [6.45, 7) is 2.60. The second-order valence-electron chi connectivity index (χ2n) is 7.50. The normalized spacial score (nSPS) is 10.4. The first-order valence-corrected chi connectivity index (χ1v) is 11.3. The fraction of sp³-hybridized carbons (Fsp3) is 0.231. The van der Waals surface area contributed by atoms with Crippen LogP contribution in [0.2, 0.25) is 5.02 Å². The van der Waals surface area contributed by atoms with Gasteiger partial charge in [-0.2, -0.15) is 0 Å². The van der Waals surface area contributed by atoms with Gasteiger partial charge in [-0.25, -0.2) is 0 Å². The summed E-state index contributed by atoms with van der Waals surface area (Å²) in [5.41, 5.74) is 3.06. The Hall–Kier alpha value is -3.51. The lowest BCUT2D eigenvalue weighted by molar-refractivity contribution is -0.116. The van der Waals surface area contributed by atoms with Gasteiger partial charge in [-0.3, -0.25) is 9.59 Å². The van der Waals surface area contributed by atoms with Gasteiger partial charge in [-0.05, 0) is 54.4 Å². The van der Waals surface area contributed by atoms with Gasteiger partial charge in [0.15, 0.2) is 0 Å². The third-order valence-corrected chi connectivity index (χ3v) is 5.14. The molecule has 3 rings (SSSR count). The minimum Gasteiger partial charge on any atom is -0.493 e. The number of rotatable bonds is 11. The summed E-state index contributed by atoms with van der Waals surface area (Å²) in [5, 5.41) is 9.04. The monoisotopic (exact) mass is 465 g/mol. The molecule has 172 valence electrons. The van der Waals surface area contributed by atoms with E-state index in [1.54, 1.807) is 18.2 Å². The van der Waals surface area contributed by atoms with E-state index < -0.39 is 0 Å². The van der Waals surface area contributed by atoms with Gasteiger partial charge in [0.2, 0.25) is 11.8 Å². The molecule has 0 heterocycles. The molecule has 0 saturated carbocycles. The zero-order valence-electron chi connectivity index (χ0n) is 18.6. The SMILES string of the molecule is CCCC(=O)Nc1ccc(Cl)c(NC(=O)CNc2ccc(OCCc3ccccc3)cc2)c1. The first-order chi connectivity index (χ1) is 16.0. The average Bonchev–Trinajstić information content (AvgIpc) is 2.81. The lowest BCUT2D eigenvalue weighted by Gasteiger charge is -2.12. The summed E-state index contributed by atoms with van der Waals surface area (Å²) in [4.78, 5) is 24.2. The molecular weight excluding hydrogens is 438 g/mol. The summed E-state index contributed by atoms with van der Waals surface area (Å²) < 4.78 is 5.78. The zero-order chi connectivity index (χ0) is 23.5. The van der Waals surface area contributed by atoms with E-state index in [4.69, 9.17) is 16.3 Å². The largest absolute Gasteiger partial charge is 0.493 e. The summed E-state index contributed by atoms with van der Waals surface area (Å²) in [5.74, 6) is 0.443. The van der Waals surface area contributed by atoms with Crippen molar-refractivity contribution in [3.63, 3.8) is 0 Å². The fourth-order valence-electron chi connectivity index (χ4n) is 3.13. The predicted molar refractivity (Wildman–Crippen MR) is 134 cm³/mol. The highest BCUT2D eigenvalue weighted by Crippen LogP contribution is 2.26. The molecule has 3 N–H and O–H groups in total. The molecule has 33 heavy (non-hydrogen) atoms. The summed E-state index contributed by atoms with van der Waals surface area (Å²) in [6, 6.07) is 22.6. The third-order valence-electron chi connectivity index (χ3n) is 4.81. The van der Waals surface area contributed by atoms with Gasteiger partial charge in [0.1, 0.15) is 5.75 Å². The standard InChI is InChI=1S/C26H28ClN3O3/c1-2-6-25(31)29-21-11-14-23(27)24(17-21)30-26(32)18-28-20-9-12-22(13-10-20)33-16-15-19-7-4-3-5-8-19/h3-5,7-14,17,28H,2,6,15-16,18H2,1H3,(H,29,31)(H,30,32). The molecule has 0 bridgehead atoms. The first-order valence-electron chi connectivity index (χ1n) is 10.9. The lowest BCUT2D eigenvalue weighted by atomic mass is 10.2. The van der Waals surface area contributed by atoms with E-state index in [0.717, 1.165) is 24.3 Å². The van der Waals surface area contributed by atoms with Crippen LogP contribution in [-0.2, 0) is 16.0 Å². The minimum atomic E-state index is -0.253. The number of carbonyl (C=O) groups is 2. The second kappa shape index (κ2) is 12.5. The van der Waals surface area contributed by atoms with Crippen LogP contribution in [-0.4, -0.2) is 25.0 Å². The van der Waals surface area contributed by atoms with Gasteiger partial charge in [0.05, 0.1) is 23.9 Å². The Balaban J connectivity index is 1.45. The number of hydrogen-bond donors (Lipinski definition) is 3. The van der Waals surface area contributed by atoms with Crippen LogP contribution in [0.5, 0.6) is 5.75 Å². The highest BCUT2D eigenvalue weighted by atomic mass is 35.5. The number of benzene rings is 3. The molecule has 0 fully saturated rings. The Morgan fingerprint density at radius 3 is 2.33 bits per heavy atom. The van der Waals surface area contributed by atoms with Crippen molar-refractivity contribution >= 4 is 40.5 Å². The smallest absolute Gasteiger partial charge is 0.243 e. The van der Waals surface area contributed by atoms with Crippen molar-refractivity contribution in [1.29, 1.82) is 0 Å². The molecule has 3 aromatic carbocycles. The maximum atomic E-state index is 12.4. The van der Waals surface area contributed by atoms with Gasteiger partial charge < -0.3 is 20.7 Å². The number of nitrogens with one attached hydrogen (secondary N) is 3. The topological polar surface area (TPSA) is 79.5 Å².